The van der Waals surface area contributed by atoms with Crippen LogP contribution < -0.4 is 0 Å². The standard InChI is InChI=1S/C6H8NOP/c8-6-4-2-1-3-5(6)7-9/h2,4H,1,3,9H2. The summed E-state index contributed by atoms with van der Waals surface area (Å²) in [6.07, 6.45) is 5.19. The quantitative estimate of drug-likeness (QED) is 0.465. The van der Waals surface area contributed by atoms with Crippen molar-refractivity contribution in [3.8, 4) is 0 Å². The molecule has 0 amide bonds. The fourth-order valence-electron chi connectivity index (χ4n) is 0.758. The average molecular weight is 141 g/mol. The van der Waals surface area contributed by atoms with E-state index in [1.165, 1.54) is 0 Å². The van der Waals surface area contributed by atoms with Crippen molar-refractivity contribution in [1.29, 1.82) is 0 Å². The van der Waals surface area contributed by atoms with Gasteiger partial charge in [-0.2, -0.15) is 0 Å². The van der Waals surface area contributed by atoms with Gasteiger partial charge in [0.05, 0.1) is 5.71 Å². The van der Waals surface area contributed by atoms with E-state index in [2.05, 4.69) is 14.2 Å². The Balaban J connectivity index is 2.78. The summed E-state index contributed by atoms with van der Waals surface area (Å²) in [6.45, 7) is 0. The second-order valence-corrected chi connectivity index (χ2v) is 2.14. The minimum Gasteiger partial charge on any atom is -0.288 e. The number of hydrogen-bond acceptors (Lipinski definition) is 2. The van der Waals surface area contributed by atoms with Gasteiger partial charge in [0, 0.05) is 0 Å². The third-order valence-corrected chi connectivity index (χ3v) is 1.57. The monoisotopic (exact) mass is 141 g/mol. The molecule has 0 saturated carbocycles. The molecule has 0 aromatic heterocycles. The fourth-order valence-corrected chi connectivity index (χ4v) is 1.01. The van der Waals surface area contributed by atoms with Crippen molar-refractivity contribution >= 4 is 20.9 Å². The summed E-state index contributed by atoms with van der Waals surface area (Å²) < 4.78 is 3.76. The topological polar surface area (TPSA) is 29.4 Å². The lowest BCUT2D eigenvalue weighted by Gasteiger charge is -2.02. The van der Waals surface area contributed by atoms with Gasteiger partial charge in [-0.15, -0.1) is 0 Å². The molecule has 48 valence electrons. The number of ketones is 1. The van der Waals surface area contributed by atoms with E-state index in [9.17, 15) is 4.79 Å². The number of carbonyl (C=O) groups is 1. The Kier molecular flexibility index (Phi) is 2.12. The Morgan fingerprint density at radius 2 is 2.44 bits per heavy atom. The van der Waals surface area contributed by atoms with Crippen LogP contribution in [0.5, 0.6) is 0 Å². The molecular formula is C6H8NOP. The molecule has 0 radical (unpaired) electrons. The Hall–Kier alpha value is -0.490. The molecule has 1 unspecified atom stereocenters. The van der Waals surface area contributed by atoms with Crippen molar-refractivity contribution in [1.82, 2.24) is 0 Å². The maximum absolute atomic E-state index is 10.8. The summed E-state index contributed by atoms with van der Waals surface area (Å²) >= 11 is 0. The fraction of sp³-hybridized carbons (Fsp3) is 0.333. The molecular weight excluding hydrogens is 133 g/mol. The first-order valence-corrected chi connectivity index (χ1v) is 3.34. The number of nitrogens with zero attached hydrogens (tertiary/aromatic N) is 1. The first-order valence-electron chi connectivity index (χ1n) is 2.82. The van der Waals surface area contributed by atoms with Gasteiger partial charge in [0.25, 0.3) is 0 Å². The number of carbonyl (C=O) groups excluding carboxylic acids is 1. The first kappa shape index (κ1) is 6.63. The van der Waals surface area contributed by atoms with Crippen LogP contribution in [0.3, 0.4) is 0 Å². The van der Waals surface area contributed by atoms with Crippen LogP contribution in [0.2, 0.25) is 0 Å². The molecule has 0 aliphatic heterocycles. The van der Waals surface area contributed by atoms with Gasteiger partial charge in [0.15, 0.2) is 5.78 Å². The van der Waals surface area contributed by atoms with Crippen LogP contribution >= 0.6 is 9.39 Å². The molecule has 0 aromatic rings. The van der Waals surface area contributed by atoms with Crippen LogP contribution in [0.15, 0.2) is 16.9 Å². The smallest absolute Gasteiger partial charge is 0.199 e. The van der Waals surface area contributed by atoms with Crippen molar-refractivity contribution in [3.05, 3.63) is 12.2 Å². The van der Waals surface area contributed by atoms with E-state index in [4.69, 9.17) is 0 Å². The van der Waals surface area contributed by atoms with E-state index >= 15 is 0 Å². The highest BCUT2D eigenvalue weighted by Gasteiger charge is 2.09. The molecule has 0 bridgehead atoms. The van der Waals surface area contributed by atoms with Crippen molar-refractivity contribution < 1.29 is 4.79 Å². The molecule has 0 fully saturated rings. The maximum Gasteiger partial charge on any atom is 0.199 e. The minimum atomic E-state index is 0.0521. The second kappa shape index (κ2) is 2.88. The zero-order chi connectivity index (χ0) is 6.69. The lowest BCUT2D eigenvalue weighted by atomic mass is 10.1. The predicted molar refractivity (Wildman–Crippen MR) is 40.5 cm³/mol. The Morgan fingerprint density at radius 3 is 2.89 bits per heavy atom. The van der Waals surface area contributed by atoms with Gasteiger partial charge in [0.2, 0.25) is 0 Å². The van der Waals surface area contributed by atoms with Crippen molar-refractivity contribution in [2.45, 2.75) is 12.8 Å². The Bertz CT molecular complexity index is 183. The van der Waals surface area contributed by atoms with E-state index in [1.807, 2.05) is 6.08 Å². The molecule has 0 aromatic carbocycles. The van der Waals surface area contributed by atoms with Crippen LogP contribution in [0.4, 0.5) is 0 Å². The largest absolute Gasteiger partial charge is 0.288 e. The van der Waals surface area contributed by atoms with Gasteiger partial charge in [-0.3, -0.25) is 9.56 Å². The van der Waals surface area contributed by atoms with Gasteiger partial charge >= 0.3 is 0 Å². The van der Waals surface area contributed by atoms with Gasteiger partial charge < -0.3 is 0 Å². The summed E-state index contributed by atoms with van der Waals surface area (Å²) in [7, 11) is 2.20. The maximum atomic E-state index is 10.8. The normalized spacial score (nSPS) is 23.2. The minimum absolute atomic E-state index is 0.0521. The van der Waals surface area contributed by atoms with Gasteiger partial charge in [-0.25, -0.2) is 0 Å². The Labute approximate surface area is 56.3 Å². The molecule has 0 spiro atoms. The third-order valence-electron chi connectivity index (χ3n) is 1.26. The lowest BCUT2D eigenvalue weighted by Crippen LogP contribution is -2.12. The van der Waals surface area contributed by atoms with E-state index in [0.29, 0.717) is 5.71 Å². The van der Waals surface area contributed by atoms with E-state index in [1.54, 1.807) is 6.08 Å². The predicted octanol–water partition coefficient (Wildman–Crippen LogP) is 1.14. The van der Waals surface area contributed by atoms with Crippen LogP contribution in [0, 0.1) is 0 Å². The van der Waals surface area contributed by atoms with Crippen LogP contribution in [-0.2, 0) is 4.79 Å². The highest BCUT2D eigenvalue weighted by molar-refractivity contribution is 7.15. The number of allylic oxidation sites excluding steroid dienone is 2. The number of rotatable bonds is 0. The average Bonchev–Trinajstić information content (AvgIpc) is 1.89. The molecule has 3 heteroatoms. The van der Waals surface area contributed by atoms with E-state index in [-0.39, 0.29) is 5.78 Å². The molecule has 0 N–H and O–H groups in total. The highest BCUT2D eigenvalue weighted by Crippen LogP contribution is 2.05. The first-order chi connectivity index (χ1) is 4.34. The zero-order valence-corrected chi connectivity index (χ0v) is 6.16. The van der Waals surface area contributed by atoms with E-state index in [0.717, 1.165) is 12.8 Å². The third kappa shape index (κ3) is 1.46. The highest BCUT2D eigenvalue weighted by atomic mass is 31.0. The van der Waals surface area contributed by atoms with Crippen LogP contribution in [0.1, 0.15) is 12.8 Å². The van der Waals surface area contributed by atoms with Crippen molar-refractivity contribution in [2.75, 3.05) is 0 Å². The molecule has 1 rings (SSSR count). The lowest BCUT2D eigenvalue weighted by molar-refractivity contribution is -0.109. The molecule has 1 aliphatic carbocycles. The molecule has 1 atom stereocenters. The summed E-state index contributed by atoms with van der Waals surface area (Å²) in [5, 5.41) is 0. The van der Waals surface area contributed by atoms with Crippen molar-refractivity contribution in [2.24, 2.45) is 4.76 Å². The molecule has 9 heavy (non-hydrogen) atoms. The SMILES string of the molecule is O=C1C=CCCC1=NP. The Morgan fingerprint density at radius 1 is 1.67 bits per heavy atom. The molecule has 0 saturated heterocycles. The van der Waals surface area contributed by atoms with Gasteiger partial charge in [-0.1, -0.05) is 6.08 Å². The summed E-state index contributed by atoms with van der Waals surface area (Å²) in [4.78, 5) is 10.8. The van der Waals surface area contributed by atoms with Crippen LogP contribution in [-0.4, -0.2) is 11.5 Å². The van der Waals surface area contributed by atoms with Gasteiger partial charge in [0.1, 0.15) is 0 Å². The van der Waals surface area contributed by atoms with Crippen LogP contribution in [0.25, 0.3) is 0 Å². The summed E-state index contributed by atoms with van der Waals surface area (Å²) in [5.41, 5.74) is 0.669. The molecule has 1 aliphatic rings. The number of hydrogen-bond donors (Lipinski definition) is 0. The molecule has 2 nitrogen and oxygen atoms in total. The molecule has 0 heterocycles. The second-order valence-electron chi connectivity index (χ2n) is 1.88. The summed E-state index contributed by atoms with van der Waals surface area (Å²) in [5.74, 6) is 0.0521. The summed E-state index contributed by atoms with van der Waals surface area (Å²) in [6, 6.07) is 0. The van der Waals surface area contributed by atoms with Gasteiger partial charge in [-0.05, 0) is 28.3 Å². The van der Waals surface area contributed by atoms with Crippen molar-refractivity contribution in [3.63, 3.8) is 0 Å². The zero-order valence-electron chi connectivity index (χ0n) is 5.00. The van der Waals surface area contributed by atoms with E-state index < -0.39 is 0 Å².